The van der Waals surface area contributed by atoms with E-state index in [1.165, 1.54) is 19.3 Å². The lowest BCUT2D eigenvalue weighted by Crippen LogP contribution is -2.44. The number of ether oxygens (including phenoxy) is 1. The van der Waals surface area contributed by atoms with E-state index in [1.54, 1.807) is 13.4 Å². The molecule has 3 rings (SSSR count). The van der Waals surface area contributed by atoms with Crippen molar-refractivity contribution in [2.24, 2.45) is 4.99 Å². The highest BCUT2D eigenvalue weighted by atomic mass is 16.5. The number of piperidine rings is 1. The molecule has 28 heavy (non-hydrogen) atoms. The van der Waals surface area contributed by atoms with Gasteiger partial charge in [0.1, 0.15) is 11.5 Å². The molecule has 1 aromatic carbocycles. The number of likely N-dealkylation sites (tertiary alicyclic amines) is 1. The van der Waals surface area contributed by atoms with Crippen LogP contribution in [0.25, 0.3) is 0 Å². The lowest BCUT2D eigenvalue weighted by Gasteiger charge is -2.33. The minimum atomic E-state index is 0.222. The number of rotatable bonds is 8. The number of methoxy groups -OCH3 is 1. The molecular formula is C22H32N4O2. The first-order chi connectivity index (χ1) is 13.8. The maximum atomic E-state index is 5.74. The van der Waals surface area contributed by atoms with Crippen LogP contribution in [0.3, 0.4) is 0 Å². The predicted octanol–water partition coefficient (Wildman–Crippen LogP) is 3.57. The molecular weight excluding hydrogens is 352 g/mol. The second kappa shape index (κ2) is 10.8. The van der Waals surface area contributed by atoms with E-state index in [9.17, 15) is 0 Å². The Morgan fingerprint density at radius 3 is 2.57 bits per heavy atom. The zero-order chi connectivity index (χ0) is 19.6. The van der Waals surface area contributed by atoms with Gasteiger partial charge in [0.2, 0.25) is 0 Å². The van der Waals surface area contributed by atoms with E-state index >= 15 is 0 Å². The maximum Gasteiger partial charge on any atom is 0.191 e. The summed E-state index contributed by atoms with van der Waals surface area (Å²) in [5.74, 6) is 2.70. The Kier molecular flexibility index (Phi) is 7.79. The Labute approximate surface area is 168 Å². The first-order valence-electron chi connectivity index (χ1n) is 10.2. The molecule has 1 aliphatic heterocycles. The molecule has 2 aromatic rings. The first-order valence-corrected chi connectivity index (χ1v) is 10.2. The Morgan fingerprint density at radius 2 is 1.93 bits per heavy atom. The number of hydrogen-bond donors (Lipinski definition) is 2. The Balaban J connectivity index is 1.63. The summed E-state index contributed by atoms with van der Waals surface area (Å²) in [5.41, 5.74) is 1.15. The predicted molar refractivity (Wildman–Crippen MR) is 113 cm³/mol. The van der Waals surface area contributed by atoms with Crippen molar-refractivity contribution in [2.45, 2.75) is 38.8 Å². The van der Waals surface area contributed by atoms with Gasteiger partial charge in [0, 0.05) is 13.1 Å². The van der Waals surface area contributed by atoms with Gasteiger partial charge in [-0.3, -0.25) is 4.90 Å². The molecule has 1 unspecified atom stereocenters. The molecule has 0 aliphatic carbocycles. The zero-order valence-corrected chi connectivity index (χ0v) is 17.0. The van der Waals surface area contributed by atoms with Gasteiger partial charge in [-0.15, -0.1) is 0 Å². The van der Waals surface area contributed by atoms with Crippen molar-refractivity contribution in [1.82, 2.24) is 15.5 Å². The summed E-state index contributed by atoms with van der Waals surface area (Å²) in [6, 6.07) is 12.3. The van der Waals surface area contributed by atoms with Crippen molar-refractivity contribution in [3.63, 3.8) is 0 Å². The maximum absolute atomic E-state index is 5.74. The van der Waals surface area contributed by atoms with Crippen LogP contribution in [0.1, 0.15) is 43.6 Å². The molecule has 6 heteroatoms. The molecule has 0 bridgehead atoms. The van der Waals surface area contributed by atoms with Gasteiger partial charge in [0.15, 0.2) is 5.96 Å². The van der Waals surface area contributed by atoms with Crippen molar-refractivity contribution < 1.29 is 9.15 Å². The van der Waals surface area contributed by atoms with Gasteiger partial charge in [-0.25, -0.2) is 4.99 Å². The smallest absolute Gasteiger partial charge is 0.191 e. The number of guanidine groups is 1. The van der Waals surface area contributed by atoms with Crippen LogP contribution >= 0.6 is 0 Å². The van der Waals surface area contributed by atoms with Gasteiger partial charge < -0.3 is 19.8 Å². The number of nitrogens with zero attached hydrogens (tertiary/aromatic N) is 2. The third-order valence-corrected chi connectivity index (χ3v) is 5.09. The number of aliphatic imine (C=N–C) groups is 1. The highest BCUT2D eigenvalue weighted by Gasteiger charge is 2.24. The molecule has 6 nitrogen and oxygen atoms in total. The number of nitrogens with one attached hydrogen (secondary N) is 2. The summed E-state index contributed by atoms with van der Waals surface area (Å²) in [6.07, 6.45) is 5.59. The molecule has 0 amide bonds. The molecule has 0 saturated carbocycles. The van der Waals surface area contributed by atoms with Gasteiger partial charge in [0.05, 0.1) is 26.0 Å². The second-order valence-electron chi connectivity index (χ2n) is 7.05. The van der Waals surface area contributed by atoms with Crippen molar-refractivity contribution >= 4 is 5.96 Å². The van der Waals surface area contributed by atoms with Crippen LogP contribution in [0.15, 0.2) is 52.1 Å². The fourth-order valence-corrected chi connectivity index (χ4v) is 3.56. The molecule has 0 radical (unpaired) electrons. The molecule has 152 valence electrons. The van der Waals surface area contributed by atoms with E-state index in [2.05, 4.69) is 28.5 Å². The molecule has 0 spiro atoms. The summed E-state index contributed by atoms with van der Waals surface area (Å²) in [5, 5.41) is 6.86. The van der Waals surface area contributed by atoms with E-state index in [4.69, 9.17) is 14.1 Å². The normalized spacial score (nSPS) is 16.6. The largest absolute Gasteiger partial charge is 0.497 e. The highest BCUT2D eigenvalue weighted by Crippen LogP contribution is 2.24. The van der Waals surface area contributed by atoms with Crippen LogP contribution in [-0.2, 0) is 6.54 Å². The quantitative estimate of drug-likeness (QED) is 0.538. The average molecular weight is 385 g/mol. The fraction of sp³-hybridized carbons (Fsp3) is 0.500. The molecule has 1 fully saturated rings. The molecule has 1 saturated heterocycles. The van der Waals surface area contributed by atoms with Crippen LogP contribution in [0, 0.1) is 0 Å². The summed E-state index contributed by atoms with van der Waals surface area (Å²) < 4.78 is 11.0. The van der Waals surface area contributed by atoms with Gasteiger partial charge in [-0.1, -0.05) is 18.6 Å². The zero-order valence-electron chi connectivity index (χ0n) is 17.0. The number of furan rings is 1. The third kappa shape index (κ3) is 5.76. The molecule has 1 aliphatic rings. The van der Waals surface area contributed by atoms with E-state index in [0.717, 1.165) is 49.2 Å². The first kappa shape index (κ1) is 20.3. The minimum Gasteiger partial charge on any atom is -0.497 e. The van der Waals surface area contributed by atoms with E-state index in [1.807, 2.05) is 30.3 Å². The Morgan fingerprint density at radius 1 is 1.14 bits per heavy atom. The number of hydrogen-bond acceptors (Lipinski definition) is 4. The lowest BCUT2D eigenvalue weighted by atomic mass is 10.1. The summed E-state index contributed by atoms with van der Waals surface area (Å²) >= 11 is 0. The van der Waals surface area contributed by atoms with Crippen LogP contribution in [0.5, 0.6) is 5.75 Å². The Hall–Kier alpha value is -2.47. The standard InChI is InChI=1S/C22H32N4O2/c1-3-23-22(24-16-18-9-11-19(27-2)12-10-18)25-17-20(21-8-7-15-28-21)26-13-5-4-6-14-26/h7-12,15,20H,3-6,13-14,16-17H2,1-2H3,(H2,23,24,25). The lowest BCUT2D eigenvalue weighted by molar-refractivity contribution is 0.146. The topological polar surface area (TPSA) is 62.0 Å². The molecule has 1 aromatic heterocycles. The highest BCUT2D eigenvalue weighted by molar-refractivity contribution is 5.79. The van der Waals surface area contributed by atoms with Crippen molar-refractivity contribution in [3.05, 3.63) is 54.0 Å². The van der Waals surface area contributed by atoms with Gasteiger partial charge in [-0.05, 0) is 62.7 Å². The van der Waals surface area contributed by atoms with Gasteiger partial charge in [-0.2, -0.15) is 0 Å². The van der Waals surface area contributed by atoms with Gasteiger partial charge >= 0.3 is 0 Å². The van der Waals surface area contributed by atoms with Crippen molar-refractivity contribution in [3.8, 4) is 5.75 Å². The number of benzene rings is 1. The summed E-state index contributed by atoms with van der Waals surface area (Å²) in [6.45, 7) is 6.53. The minimum absolute atomic E-state index is 0.222. The molecule has 2 N–H and O–H groups in total. The average Bonchev–Trinajstić information content (AvgIpc) is 3.28. The summed E-state index contributed by atoms with van der Waals surface area (Å²) in [7, 11) is 1.68. The second-order valence-corrected chi connectivity index (χ2v) is 7.05. The van der Waals surface area contributed by atoms with E-state index in [-0.39, 0.29) is 6.04 Å². The summed E-state index contributed by atoms with van der Waals surface area (Å²) in [4.78, 5) is 7.26. The third-order valence-electron chi connectivity index (χ3n) is 5.09. The van der Waals surface area contributed by atoms with Crippen LogP contribution < -0.4 is 15.4 Å². The van der Waals surface area contributed by atoms with Gasteiger partial charge in [0.25, 0.3) is 0 Å². The Bertz CT molecular complexity index is 707. The fourth-order valence-electron chi connectivity index (χ4n) is 3.56. The van der Waals surface area contributed by atoms with Crippen LogP contribution in [0.2, 0.25) is 0 Å². The van der Waals surface area contributed by atoms with Crippen LogP contribution in [0.4, 0.5) is 0 Å². The molecule has 2 heterocycles. The van der Waals surface area contributed by atoms with Crippen LogP contribution in [-0.4, -0.2) is 44.1 Å². The van der Waals surface area contributed by atoms with Crippen molar-refractivity contribution in [1.29, 1.82) is 0 Å². The SMILES string of the molecule is CCNC(=NCc1ccc(OC)cc1)NCC(c1ccco1)N1CCCCC1. The van der Waals surface area contributed by atoms with E-state index in [0.29, 0.717) is 6.54 Å². The monoisotopic (exact) mass is 384 g/mol. The molecule has 1 atom stereocenters. The van der Waals surface area contributed by atoms with Crippen molar-refractivity contribution in [2.75, 3.05) is 33.3 Å². The van der Waals surface area contributed by atoms with E-state index < -0.39 is 0 Å².